The van der Waals surface area contributed by atoms with Crippen molar-refractivity contribution in [2.45, 2.75) is 11.7 Å². The number of hydrogen-bond donors (Lipinski definition) is 2. The summed E-state index contributed by atoms with van der Waals surface area (Å²) in [6, 6.07) is 4.67. The summed E-state index contributed by atoms with van der Waals surface area (Å²) in [4.78, 5) is 35.3. The lowest BCUT2D eigenvalue weighted by Gasteiger charge is -2.12. The van der Waals surface area contributed by atoms with Gasteiger partial charge >= 0.3 is 5.97 Å². The molecule has 1 saturated heterocycles. The van der Waals surface area contributed by atoms with Crippen LogP contribution in [0.2, 0.25) is 0 Å². The highest BCUT2D eigenvalue weighted by atomic mass is 32.2. The van der Waals surface area contributed by atoms with Gasteiger partial charge in [0.25, 0.3) is 0 Å². The fraction of sp³-hybridized carbons (Fsp3) is 0.357. The van der Waals surface area contributed by atoms with Gasteiger partial charge in [0.15, 0.2) is 0 Å². The smallest absolute Gasteiger partial charge is 0.340 e. The molecule has 8 heteroatoms. The maximum Gasteiger partial charge on any atom is 0.340 e. The third-order valence-corrected chi connectivity index (χ3v) is 4.19. The van der Waals surface area contributed by atoms with Crippen molar-refractivity contribution in [1.29, 1.82) is 0 Å². The summed E-state index contributed by atoms with van der Waals surface area (Å²) in [5.74, 6) is -0.0912. The molecular formula is C14H16N2O5S. The fourth-order valence-electron chi connectivity index (χ4n) is 1.96. The molecular weight excluding hydrogens is 308 g/mol. The Morgan fingerprint density at radius 3 is 2.77 bits per heavy atom. The monoisotopic (exact) mass is 324 g/mol. The number of esters is 1. The minimum Gasteiger partial charge on any atom is -0.497 e. The predicted octanol–water partition coefficient (Wildman–Crippen LogP) is 0.999. The zero-order valence-corrected chi connectivity index (χ0v) is 13.0. The molecule has 0 radical (unpaired) electrons. The highest BCUT2D eigenvalue weighted by molar-refractivity contribution is 8.01. The van der Waals surface area contributed by atoms with Crippen molar-refractivity contribution in [3.05, 3.63) is 23.8 Å². The second-order valence-corrected chi connectivity index (χ2v) is 5.69. The van der Waals surface area contributed by atoms with Crippen molar-refractivity contribution >= 4 is 35.2 Å². The molecule has 1 aromatic rings. The molecule has 1 atom stereocenters. The molecule has 2 amide bonds. The number of benzene rings is 1. The predicted molar refractivity (Wildman–Crippen MR) is 82.0 cm³/mol. The first kappa shape index (κ1) is 16.2. The largest absolute Gasteiger partial charge is 0.497 e. The first-order valence-electron chi connectivity index (χ1n) is 6.50. The molecule has 0 bridgehead atoms. The topological polar surface area (TPSA) is 93.7 Å². The van der Waals surface area contributed by atoms with Gasteiger partial charge in [-0.3, -0.25) is 9.59 Å². The standard InChI is InChI=1S/C14H16N2O5S/c1-20-8-3-4-10(9(5-8)14(19)21-2)16-12(17)6-11-13(18)15-7-22-11/h3-5,11H,6-7H2,1-2H3,(H,15,18)(H,16,17). The van der Waals surface area contributed by atoms with Crippen LogP contribution in [0.25, 0.3) is 0 Å². The third kappa shape index (κ3) is 3.70. The number of ether oxygens (including phenoxy) is 2. The summed E-state index contributed by atoms with van der Waals surface area (Å²) in [5.41, 5.74) is 0.514. The van der Waals surface area contributed by atoms with E-state index in [0.717, 1.165) is 0 Å². The van der Waals surface area contributed by atoms with Crippen molar-refractivity contribution in [3.8, 4) is 5.75 Å². The average molecular weight is 324 g/mol. The van der Waals surface area contributed by atoms with E-state index in [4.69, 9.17) is 9.47 Å². The summed E-state index contributed by atoms with van der Waals surface area (Å²) in [6.45, 7) is 0. The molecule has 2 N–H and O–H groups in total. The molecule has 0 spiro atoms. The van der Waals surface area contributed by atoms with Crippen LogP contribution in [-0.4, -0.2) is 43.1 Å². The number of anilines is 1. The van der Waals surface area contributed by atoms with E-state index in [1.165, 1.54) is 32.0 Å². The van der Waals surface area contributed by atoms with Gasteiger partial charge in [-0.2, -0.15) is 0 Å². The first-order valence-corrected chi connectivity index (χ1v) is 7.55. The summed E-state index contributed by atoms with van der Waals surface area (Å²) < 4.78 is 9.75. The van der Waals surface area contributed by atoms with Crippen LogP contribution in [0, 0.1) is 0 Å². The molecule has 0 saturated carbocycles. The van der Waals surface area contributed by atoms with E-state index < -0.39 is 11.2 Å². The molecule has 118 valence electrons. The number of carbonyl (C=O) groups is 3. The van der Waals surface area contributed by atoms with Crippen LogP contribution in [0.15, 0.2) is 18.2 Å². The number of hydrogen-bond acceptors (Lipinski definition) is 6. The maximum atomic E-state index is 12.0. The molecule has 1 aromatic carbocycles. The van der Waals surface area contributed by atoms with Gasteiger partial charge in [-0.15, -0.1) is 11.8 Å². The van der Waals surface area contributed by atoms with Gasteiger partial charge < -0.3 is 20.1 Å². The molecule has 1 heterocycles. The van der Waals surface area contributed by atoms with Crippen molar-refractivity contribution in [2.75, 3.05) is 25.4 Å². The summed E-state index contributed by atoms with van der Waals surface area (Å²) in [5, 5.41) is 4.88. The van der Waals surface area contributed by atoms with Crippen molar-refractivity contribution in [2.24, 2.45) is 0 Å². The van der Waals surface area contributed by atoms with E-state index >= 15 is 0 Å². The minimum absolute atomic E-state index is 0.0448. The molecule has 1 unspecified atom stereocenters. The molecule has 1 fully saturated rings. The fourth-order valence-corrected chi connectivity index (χ4v) is 2.89. The van der Waals surface area contributed by atoms with Crippen LogP contribution in [0.4, 0.5) is 5.69 Å². The second-order valence-electron chi connectivity index (χ2n) is 4.50. The van der Waals surface area contributed by atoms with Crippen LogP contribution < -0.4 is 15.4 Å². The lowest BCUT2D eigenvalue weighted by molar-refractivity contribution is -0.123. The lowest BCUT2D eigenvalue weighted by atomic mass is 10.1. The Morgan fingerprint density at radius 2 is 2.18 bits per heavy atom. The minimum atomic E-state index is -0.581. The van der Waals surface area contributed by atoms with Crippen LogP contribution in [0.3, 0.4) is 0 Å². The van der Waals surface area contributed by atoms with Gasteiger partial charge in [0.2, 0.25) is 11.8 Å². The Bertz CT molecular complexity index is 605. The molecule has 2 rings (SSSR count). The Kier molecular flexibility index (Phi) is 5.26. The highest BCUT2D eigenvalue weighted by Gasteiger charge is 2.27. The molecule has 0 aliphatic carbocycles. The van der Waals surface area contributed by atoms with Crippen LogP contribution in [0.5, 0.6) is 5.75 Å². The number of thioether (sulfide) groups is 1. The van der Waals surface area contributed by atoms with Gasteiger partial charge in [0, 0.05) is 6.42 Å². The van der Waals surface area contributed by atoms with Gasteiger partial charge in [-0.05, 0) is 18.2 Å². The third-order valence-electron chi connectivity index (χ3n) is 3.10. The van der Waals surface area contributed by atoms with Crippen LogP contribution in [-0.2, 0) is 14.3 Å². The zero-order chi connectivity index (χ0) is 16.1. The lowest BCUT2D eigenvalue weighted by Crippen LogP contribution is -2.27. The van der Waals surface area contributed by atoms with Crippen molar-refractivity contribution in [1.82, 2.24) is 5.32 Å². The molecule has 1 aliphatic rings. The molecule has 1 aliphatic heterocycles. The summed E-state index contributed by atoms with van der Waals surface area (Å²) in [6.07, 6.45) is 0.0448. The van der Waals surface area contributed by atoms with E-state index in [9.17, 15) is 14.4 Å². The van der Waals surface area contributed by atoms with Gasteiger partial charge in [-0.25, -0.2) is 4.79 Å². The highest BCUT2D eigenvalue weighted by Crippen LogP contribution is 2.24. The van der Waals surface area contributed by atoms with Gasteiger partial charge in [0.1, 0.15) is 5.75 Å². The van der Waals surface area contributed by atoms with Crippen LogP contribution in [0.1, 0.15) is 16.8 Å². The number of nitrogens with one attached hydrogen (secondary N) is 2. The number of rotatable bonds is 5. The van der Waals surface area contributed by atoms with E-state index in [1.54, 1.807) is 12.1 Å². The van der Waals surface area contributed by atoms with Gasteiger partial charge in [-0.1, -0.05) is 0 Å². The quantitative estimate of drug-likeness (QED) is 0.785. The normalized spacial score (nSPS) is 16.8. The number of methoxy groups -OCH3 is 2. The van der Waals surface area contributed by atoms with Gasteiger partial charge in [0.05, 0.1) is 36.6 Å². The SMILES string of the molecule is COC(=O)c1cc(OC)ccc1NC(=O)CC1SCNC1=O. The molecule has 7 nitrogen and oxygen atoms in total. The van der Waals surface area contributed by atoms with Crippen LogP contribution >= 0.6 is 11.8 Å². The van der Waals surface area contributed by atoms with E-state index in [0.29, 0.717) is 17.3 Å². The summed E-state index contributed by atoms with van der Waals surface area (Å²) in [7, 11) is 2.73. The van der Waals surface area contributed by atoms with E-state index in [-0.39, 0.29) is 23.8 Å². The number of carbonyl (C=O) groups excluding carboxylic acids is 3. The molecule has 0 aromatic heterocycles. The number of amides is 2. The van der Waals surface area contributed by atoms with E-state index in [2.05, 4.69) is 10.6 Å². The van der Waals surface area contributed by atoms with E-state index in [1.807, 2.05) is 0 Å². The molecule has 22 heavy (non-hydrogen) atoms. The Morgan fingerprint density at radius 1 is 1.41 bits per heavy atom. The zero-order valence-electron chi connectivity index (χ0n) is 12.2. The Hall–Kier alpha value is -2.22. The Balaban J connectivity index is 2.12. The second kappa shape index (κ2) is 7.17. The van der Waals surface area contributed by atoms with Crippen molar-refractivity contribution in [3.63, 3.8) is 0 Å². The van der Waals surface area contributed by atoms with Crippen molar-refractivity contribution < 1.29 is 23.9 Å². The first-order chi connectivity index (χ1) is 10.5. The Labute approximate surface area is 131 Å². The average Bonchev–Trinajstić information content (AvgIpc) is 2.92. The maximum absolute atomic E-state index is 12.0. The summed E-state index contributed by atoms with van der Waals surface area (Å²) >= 11 is 1.38.